The lowest BCUT2D eigenvalue weighted by atomic mass is 9.77. The first-order valence-corrected chi connectivity index (χ1v) is 6.89. The van der Waals surface area contributed by atoms with E-state index in [1.807, 2.05) is 0 Å². The Hall–Kier alpha value is -2.14. The van der Waals surface area contributed by atoms with E-state index in [0.29, 0.717) is 12.1 Å². The molecule has 112 valence electrons. The molecule has 1 fully saturated rings. The van der Waals surface area contributed by atoms with Crippen LogP contribution in [0.15, 0.2) is 30.3 Å². The van der Waals surface area contributed by atoms with Crippen molar-refractivity contribution in [2.24, 2.45) is 0 Å². The highest BCUT2D eigenvalue weighted by Crippen LogP contribution is 2.38. The Balaban J connectivity index is 1.91. The van der Waals surface area contributed by atoms with Gasteiger partial charge in [-0.1, -0.05) is 12.1 Å². The molecule has 1 aromatic rings. The number of carbonyl (C=O) groups excluding carboxylic acids is 1. The smallest absolute Gasteiger partial charge is 0.328 e. The molecule has 1 aliphatic rings. The summed E-state index contributed by atoms with van der Waals surface area (Å²) in [5, 5.41) is 11.4. The van der Waals surface area contributed by atoms with Gasteiger partial charge in [0.15, 0.2) is 0 Å². The van der Waals surface area contributed by atoms with Crippen molar-refractivity contribution in [1.29, 1.82) is 0 Å². The fraction of sp³-hybridized carbons (Fsp3) is 0.375. The number of aliphatic carboxylic acids is 1. The standard InChI is InChI=1S/C16H19NO4/c1-21-16(9-2-10-16)11-14(18)17-13-6-3-12(4-7-13)5-8-15(19)20/h3-8H,2,9-11H2,1H3,(H,17,18)(H,19,20)/b8-5+. The third-order valence-electron chi connectivity index (χ3n) is 3.79. The van der Waals surface area contributed by atoms with Gasteiger partial charge in [-0.2, -0.15) is 0 Å². The van der Waals surface area contributed by atoms with E-state index < -0.39 is 5.97 Å². The van der Waals surface area contributed by atoms with E-state index in [-0.39, 0.29) is 11.5 Å². The molecule has 0 heterocycles. The molecule has 2 rings (SSSR count). The molecule has 0 atom stereocenters. The number of anilines is 1. The summed E-state index contributed by atoms with van der Waals surface area (Å²) in [6, 6.07) is 7.01. The van der Waals surface area contributed by atoms with Crippen molar-refractivity contribution in [2.45, 2.75) is 31.3 Å². The van der Waals surface area contributed by atoms with Crippen LogP contribution in [0.1, 0.15) is 31.2 Å². The molecule has 1 amide bonds. The third kappa shape index (κ3) is 4.16. The number of hydrogen-bond acceptors (Lipinski definition) is 3. The highest BCUT2D eigenvalue weighted by atomic mass is 16.5. The Morgan fingerprint density at radius 2 is 2.00 bits per heavy atom. The summed E-state index contributed by atoms with van der Waals surface area (Å²) >= 11 is 0. The Morgan fingerprint density at radius 3 is 2.48 bits per heavy atom. The molecule has 0 bridgehead atoms. The minimum absolute atomic E-state index is 0.0645. The van der Waals surface area contributed by atoms with Gasteiger partial charge in [0.25, 0.3) is 0 Å². The molecule has 2 N–H and O–H groups in total. The van der Waals surface area contributed by atoms with Gasteiger partial charge >= 0.3 is 5.97 Å². The van der Waals surface area contributed by atoms with E-state index in [9.17, 15) is 9.59 Å². The SMILES string of the molecule is COC1(CC(=O)Nc2ccc(/C=C/C(=O)O)cc2)CCC1. The number of methoxy groups -OCH3 is 1. The summed E-state index contributed by atoms with van der Waals surface area (Å²) in [5.74, 6) is -1.05. The predicted molar refractivity (Wildman–Crippen MR) is 79.9 cm³/mol. The minimum Gasteiger partial charge on any atom is -0.478 e. The van der Waals surface area contributed by atoms with E-state index in [1.165, 1.54) is 6.08 Å². The lowest BCUT2D eigenvalue weighted by molar-refractivity contribution is -0.131. The van der Waals surface area contributed by atoms with Gasteiger partial charge in [-0.15, -0.1) is 0 Å². The Bertz CT molecular complexity index is 538. The molecule has 5 heteroatoms. The number of amides is 1. The van der Waals surface area contributed by atoms with E-state index in [1.54, 1.807) is 31.4 Å². The van der Waals surface area contributed by atoms with Crippen molar-refractivity contribution in [3.8, 4) is 0 Å². The van der Waals surface area contributed by atoms with Crippen molar-refractivity contribution in [1.82, 2.24) is 0 Å². The van der Waals surface area contributed by atoms with Gasteiger partial charge in [-0.25, -0.2) is 4.79 Å². The number of nitrogens with one attached hydrogen (secondary N) is 1. The largest absolute Gasteiger partial charge is 0.478 e. The first-order valence-electron chi connectivity index (χ1n) is 6.89. The second-order valence-electron chi connectivity index (χ2n) is 5.26. The number of benzene rings is 1. The second kappa shape index (κ2) is 6.54. The van der Waals surface area contributed by atoms with Crippen LogP contribution in [-0.4, -0.2) is 29.7 Å². The highest BCUT2D eigenvalue weighted by Gasteiger charge is 2.38. The number of ether oxygens (including phenoxy) is 1. The molecule has 0 radical (unpaired) electrons. The van der Waals surface area contributed by atoms with E-state index in [0.717, 1.165) is 30.9 Å². The van der Waals surface area contributed by atoms with Gasteiger partial charge in [0.05, 0.1) is 12.0 Å². The van der Waals surface area contributed by atoms with Gasteiger partial charge in [-0.05, 0) is 43.0 Å². The van der Waals surface area contributed by atoms with E-state index >= 15 is 0 Å². The van der Waals surface area contributed by atoms with Crippen molar-refractivity contribution >= 4 is 23.6 Å². The molecule has 1 aliphatic carbocycles. The zero-order chi connectivity index (χ0) is 15.3. The van der Waals surface area contributed by atoms with Gasteiger partial charge in [0.1, 0.15) is 0 Å². The molecule has 1 saturated carbocycles. The normalized spacial score (nSPS) is 16.4. The van der Waals surface area contributed by atoms with Crippen molar-refractivity contribution in [2.75, 3.05) is 12.4 Å². The molecule has 0 saturated heterocycles. The number of carboxylic acids is 1. The monoisotopic (exact) mass is 289 g/mol. The van der Waals surface area contributed by atoms with Crippen LogP contribution in [0.5, 0.6) is 0 Å². The number of carbonyl (C=O) groups is 2. The van der Waals surface area contributed by atoms with Crippen LogP contribution in [0.4, 0.5) is 5.69 Å². The van der Waals surface area contributed by atoms with Crippen molar-refractivity contribution in [3.63, 3.8) is 0 Å². The van der Waals surface area contributed by atoms with Crippen LogP contribution < -0.4 is 5.32 Å². The summed E-state index contributed by atoms with van der Waals surface area (Å²) in [6.45, 7) is 0. The maximum absolute atomic E-state index is 12.0. The predicted octanol–water partition coefficient (Wildman–Crippen LogP) is 2.68. The number of rotatable bonds is 6. The van der Waals surface area contributed by atoms with E-state index in [2.05, 4.69) is 5.32 Å². The molecule has 0 aliphatic heterocycles. The zero-order valence-corrected chi connectivity index (χ0v) is 12.0. The second-order valence-corrected chi connectivity index (χ2v) is 5.26. The highest BCUT2D eigenvalue weighted by molar-refractivity contribution is 5.91. The van der Waals surface area contributed by atoms with Crippen molar-refractivity contribution < 1.29 is 19.4 Å². The number of carboxylic acid groups (broad SMARTS) is 1. The third-order valence-corrected chi connectivity index (χ3v) is 3.79. The molecular weight excluding hydrogens is 270 g/mol. The summed E-state index contributed by atoms with van der Waals surface area (Å²) in [7, 11) is 1.65. The van der Waals surface area contributed by atoms with Crippen LogP contribution in [0, 0.1) is 0 Å². The molecule has 21 heavy (non-hydrogen) atoms. The zero-order valence-electron chi connectivity index (χ0n) is 12.0. The Labute approximate surface area is 123 Å². The summed E-state index contributed by atoms with van der Waals surface area (Å²) in [6.07, 6.45) is 5.90. The van der Waals surface area contributed by atoms with Gasteiger partial charge in [0.2, 0.25) is 5.91 Å². The molecule has 0 spiro atoms. The van der Waals surface area contributed by atoms with Crippen molar-refractivity contribution in [3.05, 3.63) is 35.9 Å². The van der Waals surface area contributed by atoms with Gasteiger partial charge in [-0.3, -0.25) is 4.79 Å². The Morgan fingerprint density at radius 1 is 1.33 bits per heavy atom. The fourth-order valence-corrected chi connectivity index (χ4v) is 2.37. The van der Waals surface area contributed by atoms with Gasteiger partial charge < -0.3 is 15.2 Å². The van der Waals surface area contributed by atoms with Crippen LogP contribution in [-0.2, 0) is 14.3 Å². The molecule has 5 nitrogen and oxygen atoms in total. The molecular formula is C16H19NO4. The topological polar surface area (TPSA) is 75.6 Å². The summed E-state index contributed by atoms with van der Waals surface area (Å²) in [5.41, 5.74) is 1.18. The summed E-state index contributed by atoms with van der Waals surface area (Å²) < 4.78 is 5.43. The maximum Gasteiger partial charge on any atom is 0.328 e. The molecule has 0 unspecified atom stereocenters. The van der Waals surface area contributed by atoms with Crippen LogP contribution >= 0.6 is 0 Å². The fourth-order valence-electron chi connectivity index (χ4n) is 2.37. The average molecular weight is 289 g/mol. The summed E-state index contributed by atoms with van der Waals surface area (Å²) in [4.78, 5) is 22.4. The number of hydrogen-bond donors (Lipinski definition) is 2. The van der Waals surface area contributed by atoms with Crippen LogP contribution in [0.3, 0.4) is 0 Å². The average Bonchev–Trinajstić information content (AvgIpc) is 2.42. The lowest BCUT2D eigenvalue weighted by Crippen LogP contribution is -2.42. The van der Waals surface area contributed by atoms with E-state index in [4.69, 9.17) is 9.84 Å². The first-order chi connectivity index (χ1) is 10.0. The molecule has 0 aromatic heterocycles. The van der Waals surface area contributed by atoms with Crippen LogP contribution in [0.25, 0.3) is 6.08 Å². The quantitative estimate of drug-likeness (QED) is 0.789. The first kappa shape index (κ1) is 15.3. The Kier molecular flexibility index (Phi) is 4.75. The maximum atomic E-state index is 12.0. The van der Waals surface area contributed by atoms with Crippen LogP contribution in [0.2, 0.25) is 0 Å². The molecule has 1 aromatic carbocycles. The minimum atomic E-state index is -0.988. The van der Waals surface area contributed by atoms with Gasteiger partial charge in [0, 0.05) is 18.9 Å². The lowest BCUT2D eigenvalue weighted by Gasteiger charge is -2.39.